The molecule has 0 radical (unpaired) electrons. The Morgan fingerprint density at radius 1 is 1.19 bits per heavy atom. The highest BCUT2D eigenvalue weighted by atomic mass is 19.4. The van der Waals surface area contributed by atoms with Crippen LogP contribution in [0.3, 0.4) is 0 Å². The number of halogens is 3. The number of Topliss-reactive ketones (excluding diaryl/α,β-unsaturated/α-hetero) is 1. The molecule has 0 atom stereocenters. The van der Waals surface area contributed by atoms with E-state index in [9.17, 15) is 18.0 Å². The fourth-order valence-corrected chi connectivity index (χ4v) is 1.86. The van der Waals surface area contributed by atoms with E-state index >= 15 is 0 Å². The minimum absolute atomic E-state index is 0.320. The van der Waals surface area contributed by atoms with Crippen molar-refractivity contribution in [2.75, 3.05) is 0 Å². The summed E-state index contributed by atoms with van der Waals surface area (Å²) < 4.78 is 35.9. The average Bonchev–Trinajstić information content (AvgIpc) is 2.12. The van der Waals surface area contributed by atoms with Crippen LogP contribution >= 0.6 is 0 Å². The molecule has 0 unspecified atom stereocenters. The number of hydrogen-bond donors (Lipinski definition) is 0. The lowest BCUT2D eigenvalue weighted by Gasteiger charge is -2.11. The van der Waals surface area contributed by atoms with Crippen LogP contribution in [0, 0.1) is 0 Å². The second kappa shape index (κ2) is 6.06. The van der Waals surface area contributed by atoms with Crippen molar-refractivity contribution in [1.29, 1.82) is 0 Å². The smallest absolute Gasteiger partial charge is 0.295 e. The Hall–Kier alpha value is -0.800. The molecule has 16 heavy (non-hydrogen) atoms. The largest absolute Gasteiger partial charge is 0.389 e. The summed E-state index contributed by atoms with van der Waals surface area (Å²) in [7, 11) is 0. The molecule has 92 valence electrons. The molecule has 1 rings (SSSR count). The summed E-state index contributed by atoms with van der Waals surface area (Å²) in [4.78, 5) is 11.5. The lowest BCUT2D eigenvalue weighted by molar-refractivity contribution is -0.141. The van der Waals surface area contributed by atoms with Crippen LogP contribution in [0.5, 0.6) is 0 Å². The second-order valence-electron chi connectivity index (χ2n) is 4.22. The lowest BCUT2D eigenvalue weighted by Crippen LogP contribution is -2.12. The highest BCUT2D eigenvalue weighted by Gasteiger charge is 2.28. The number of alkyl halides is 3. The minimum atomic E-state index is -4.22. The van der Waals surface area contributed by atoms with Crippen molar-refractivity contribution in [3.63, 3.8) is 0 Å². The first-order chi connectivity index (χ1) is 7.49. The number of carbonyl (C=O) groups excluding carboxylic acids is 1. The highest BCUT2D eigenvalue weighted by Crippen LogP contribution is 2.24. The van der Waals surface area contributed by atoms with Crippen LogP contribution in [-0.2, 0) is 4.79 Å². The predicted octanol–water partition coefficient (Wildman–Crippen LogP) is 4.18. The van der Waals surface area contributed by atoms with Crippen LogP contribution in [0.25, 0.3) is 0 Å². The van der Waals surface area contributed by atoms with Crippen molar-refractivity contribution in [1.82, 2.24) is 0 Å². The van der Waals surface area contributed by atoms with Crippen molar-refractivity contribution in [3.05, 3.63) is 11.6 Å². The Bertz CT molecular complexity index is 266. The molecule has 0 aromatic carbocycles. The fraction of sp³-hybridized carbons (Fsp3) is 0.750. The molecule has 0 N–H and O–H groups in total. The fourth-order valence-electron chi connectivity index (χ4n) is 1.86. The van der Waals surface area contributed by atoms with E-state index in [0.717, 1.165) is 32.1 Å². The Kier molecular flexibility index (Phi) is 5.03. The Morgan fingerprint density at radius 2 is 1.88 bits per heavy atom. The van der Waals surface area contributed by atoms with Crippen LogP contribution in [0.2, 0.25) is 0 Å². The number of allylic oxidation sites excluding steroid dienone is 2. The lowest BCUT2D eigenvalue weighted by atomic mass is 9.95. The SMILES string of the molecule is O=C(CCC(F)(F)F)C1=CCCCCCC1. The first-order valence-electron chi connectivity index (χ1n) is 5.78. The van der Waals surface area contributed by atoms with E-state index in [0.29, 0.717) is 12.0 Å². The zero-order valence-corrected chi connectivity index (χ0v) is 9.28. The minimum Gasteiger partial charge on any atom is -0.295 e. The van der Waals surface area contributed by atoms with Gasteiger partial charge in [0.05, 0.1) is 6.42 Å². The highest BCUT2D eigenvalue weighted by molar-refractivity contribution is 5.95. The van der Waals surface area contributed by atoms with E-state index < -0.39 is 19.0 Å². The summed E-state index contributed by atoms with van der Waals surface area (Å²) in [5.74, 6) is -0.320. The van der Waals surface area contributed by atoms with Crippen molar-refractivity contribution in [2.24, 2.45) is 0 Å². The predicted molar refractivity (Wildman–Crippen MR) is 56.1 cm³/mol. The summed E-state index contributed by atoms with van der Waals surface area (Å²) in [5, 5.41) is 0. The summed E-state index contributed by atoms with van der Waals surface area (Å²) in [6.45, 7) is 0. The van der Waals surface area contributed by atoms with Gasteiger partial charge in [0, 0.05) is 6.42 Å². The molecule has 0 aliphatic heterocycles. The molecule has 0 amide bonds. The van der Waals surface area contributed by atoms with Gasteiger partial charge < -0.3 is 0 Å². The Labute approximate surface area is 93.7 Å². The first kappa shape index (κ1) is 13.3. The van der Waals surface area contributed by atoms with Gasteiger partial charge in [-0.15, -0.1) is 0 Å². The van der Waals surface area contributed by atoms with Crippen molar-refractivity contribution >= 4 is 5.78 Å². The molecule has 0 saturated heterocycles. The van der Waals surface area contributed by atoms with Gasteiger partial charge >= 0.3 is 6.18 Å². The number of hydrogen-bond acceptors (Lipinski definition) is 1. The number of carbonyl (C=O) groups is 1. The topological polar surface area (TPSA) is 17.1 Å². The molecule has 0 bridgehead atoms. The van der Waals surface area contributed by atoms with Crippen molar-refractivity contribution < 1.29 is 18.0 Å². The van der Waals surface area contributed by atoms with E-state index in [1.54, 1.807) is 0 Å². The van der Waals surface area contributed by atoms with Crippen LogP contribution in [-0.4, -0.2) is 12.0 Å². The van der Waals surface area contributed by atoms with Crippen LogP contribution in [0.15, 0.2) is 11.6 Å². The monoisotopic (exact) mass is 234 g/mol. The molecule has 0 saturated carbocycles. The molecule has 0 heterocycles. The van der Waals surface area contributed by atoms with Gasteiger partial charge in [-0.25, -0.2) is 0 Å². The van der Waals surface area contributed by atoms with Crippen LogP contribution in [0.1, 0.15) is 51.4 Å². The third-order valence-corrected chi connectivity index (χ3v) is 2.78. The van der Waals surface area contributed by atoms with E-state index in [2.05, 4.69) is 0 Å². The Balaban J connectivity index is 2.45. The second-order valence-corrected chi connectivity index (χ2v) is 4.22. The molecule has 1 aliphatic rings. The van der Waals surface area contributed by atoms with E-state index in [1.807, 2.05) is 6.08 Å². The molecule has 0 aromatic heterocycles. The van der Waals surface area contributed by atoms with E-state index in [-0.39, 0.29) is 5.78 Å². The maximum atomic E-state index is 12.0. The average molecular weight is 234 g/mol. The maximum absolute atomic E-state index is 12.0. The normalized spacial score (nSPS) is 18.6. The summed E-state index contributed by atoms with van der Waals surface area (Å²) in [6, 6.07) is 0. The van der Waals surface area contributed by atoms with Crippen LogP contribution < -0.4 is 0 Å². The number of rotatable bonds is 3. The van der Waals surface area contributed by atoms with Gasteiger partial charge in [-0.2, -0.15) is 13.2 Å². The van der Waals surface area contributed by atoms with E-state index in [1.165, 1.54) is 0 Å². The van der Waals surface area contributed by atoms with E-state index in [4.69, 9.17) is 0 Å². The molecule has 4 heteroatoms. The summed E-state index contributed by atoms with van der Waals surface area (Å²) in [6.07, 6.45) is 1.88. The summed E-state index contributed by atoms with van der Waals surface area (Å²) >= 11 is 0. The molecule has 1 aliphatic carbocycles. The van der Waals surface area contributed by atoms with Gasteiger partial charge in [0.2, 0.25) is 0 Å². The molecule has 0 spiro atoms. The quantitative estimate of drug-likeness (QED) is 0.716. The zero-order valence-electron chi connectivity index (χ0n) is 9.28. The van der Waals surface area contributed by atoms with Crippen molar-refractivity contribution in [3.8, 4) is 0 Å². The van der Waals surface area contributed by atoms with Gasteiger partial charge in [0.15, 0.2) is 5.78 Å². The maximum Gasteiger partial charge on any atom is 0.389 e. The van der Waals surface area contributed by atoms with Gasteiger partial charge in [-0.1, -0.05) is 18.9 Å². The third kappa shape index (κ3) is 5.33. The molecular weight excluding hydrogens is 217 g/mol. The first-order valence-corrected chi connectivity index (χ1v) is 5.78. The van der Waals surface area contributed by atoms with Crippen molar-refractivity contribution in [2.45, 2.75) is 57.5 Å². The van der Waals surface area contributed by atoms with Gasteiger partial charge in [0.1, 0.15) is 0 Å². The molecular formula is C12H17F3O. The molecule has 0 aromatic rings. The van der Waals surface area contributed by atoms with Crippen LogP contribution in [0.4, 0.5) is 13.2 Å². The standard InChI is InChI=1S/C12H17F3O/c13-12(14,15)9-8-11(16)10-6-4-2-1-3-5-7-10/h6H,1-5,7-9H2. The van der Waals surface area contributed by atoms with Gasteiger partial charge in [-0.05, 0) is 31.3 Å². The van der Waals surface area contributed by atoms with Gasteiger partial charge in [0.25, 0.3) is 0 Å². The Morgan fingerprint density at radius 3 is 2.56 bits per heavy atom. The zero-order chi connectivity index (χ0) is 12.0. The third-order valence-electron chi connectivity index (χ3n) is 2.78. The van der Waals surface area contributed by atoms with Gasteiger partial charge in [-0.3, -0.25) is 4.79 Å². The molecule has 1 nitrogen and oxygen atoms in total. The number of ketones is 1. The molecule has 0 fully saturated rings. The summed E-state index contributed by atoms with van der Waals surface area (Å²) in [5.41, 5.74) is 0.615.